The van der Waals surface area contributed by atoms with E-state index < -0.39 is 0 Å². The van der Waals surface area contributed by atoms with Gasteiger partial charge >= 0.3 is 0 Å². The van der Waals surface area contributed by atoms with Crippen molar-refractivity contribution in [3.63, 3.8) is 0 Å². The number of rotatable bonds is 7. The summed E-state index contributed by atoms with van der Waals surface area (Å²) in [5.74, 6) is 0.964. The second-order valence-corrected chi connectivity index (χ2v) is 4.58. The summed E-state index contributed by atoms with van der Waals surface area (Å²) in [5.41, 5.74) is 1.31. The van der Waals surface area contributed by atoms with E-state index in [1.165, 1.54) is 12.0 Å². The van der Waals surface area contributed by atoms with E-state index >= 15 is 0 Å². The van der Waals surface area contributed by atoms with Gasteiger partial charge in [0.15, 0.2) is 0 Å². The Morgan fingerprint density at radius 1 is 1.12 bits per heavy atom. The average molecular weight is 235 g/mol. The molecule has 0 saturated heterocycles. The quantitative estimate of drug-likeness (QED) is 0.773. The Morgan fingerprint density at radius 2 is 1.76 bits per heavy atom. The fourth-order valence-corrected chi connectivity index (χ4v) is 1.63. The van der Waals surface area contributed by atoms with Crippen molar-refractivity contribution in [3.8, 4) is 5.75 Å². The predicted molar refractivity (Wildman–Crippen MR) is 73.5 cm³/mol. The lowest BCUT2D eigenvalue weighted by Crippen LogP contribution is -2.19. The molecular weight excluding hydrogens is 210 g/mol. The van der Waals surface area contributed by atoms with Crippen LogP contribution in [0.25, 0.3) is 0 Å². The van der Waals surface area contributed by atoms with Crippen molar-refractivity contribution in [1.29, 1.82) is 0 Å². The molecule has 1 aromatic rings. The van der Waals surface area contributed by atoms with Gasteiger partial charge in [-0.25, -0.2) is 0 Å². The second kappa shape index (κ2) is 7.33. The van der Waals surface area contributed by atoms with Gasteiger partial charge in [0, 0.05) is 6.04 Å². The van der Waals surface area contributed by atoms with Crippen LogP contribution in [0.2, 0.25) is 0 Å². The van der Waals surface area contributed by atoms with Crippen molar-refractivity contribution in [2.45, 2.75) is 52.7 Å². The number of hydrogen-bond donors (Lipinski definition) is 1. The Hall–Kier alpha value is -1.02. The molecule has 1 N–H and O–H groups in total. The van der Waals surface area contributed by atoms with Gasteiger partial charge < -0.3 is 10.1 Å². The van der Waals surface area contributed by atoms with Crippen molar-refractivity contribution < 1.29 is 4.74 Å². The molecule has 0 aliphatic rings. The van der Waals surface area contributed by atoms with Crippen LogP contribution in [-0.2, 0) is 0 Å². The minimum Gasteiger partial charge on any atom is -0.491 e. The molecule has 0 heterocycles. The summed E-state index contributed by atoms with van der Waals surface area (Å²) in [6, 6.07) is 8.82. The van der Waals surface area contributed by atoms with Crippen LogP contribution in [0, 0.1) is 0 Å². The maximum atomic E-state index is 5.76. The number of hydrogen-bond acceptors (Lipinski definition) is 2. The van der Waals surface area contributed by atoms with Crippen LogP contribution in [0.1, 0.15) is 52.1 Å². The maximum absolute atomic E-state index is 5.76. The normalized spacial score (nSPS) is 14.4. The minimum absolute atomic E-state index is 0.288. The molecule has 0 saturated carbocycles. The predicted octanol–water partition coefficient (Wildman–Crippen LogP) is 3.92. The fraction of sp³-hybridized carbons (Fsp3) is 0.600. The van der Waals surface area contributed by atoms with Crippen LogP contribution in [0.4, 0.5) is 0 Å². The topological polar surface area (TPSA) is 21.3 Å². The Kier molecular flexibility index (Phi) is 6.06. The smallest absolute Gasteiger partial charge is 0.119 e. The summed E-state index contributed by atoms with van der Waals surface area (Å²) in [6.45, 7) is 9.67. The zero-order chi connectivity index (χ0) is 12.7. The van der Waals surface area contributed by atoms with Crippen molar-refractivity contribution >= 4 is 0 Å². The molecule has 0 amide bonds. The zero-order valence-electron chi connectivity index (χ0n) is 11.5. The number of ether oxygens (including phenoxy) is 1. The third-order valence-corrected chi connectivity index (χ3v) is 2.99. The van der Waals surface area contributed by atoms with Crippen LogP contribution in [-0.4, -0.2) is 12.6 Å². The third-order valence-electron chi connectivity index (χ3n) is 2.99. The molecule has 0 bridgehead atoms. The lowest BCUT2D eigenvalue weighted by molar-refractivity contribution is 0.217. The molecule has 0 radical (unpaired) electrons. The SMILES string of the molecule is CCCNC(C)c1ccc(OC(C)CC)cc1. The molecular formula is C15H25NO. The van der Waals surface area contributed by atoms with Crippen LogP contribution in [0.3, 0.4) is 0 Å². The van der Waals surface area contributed by atoms with Gasteiger partial charge in [0.25, 0.3) is 0 Å². The third kappa shape index (κ3) is 4.78. The number of nitrogens with one attached hydrogen (secondary N) is 1. The van der Waals surface area contributed by atoms with E-state index in [1.807, 2.05) is 0 Å². The maximum Gasteiger partial charge on any atom is 0.119 e. The first-order chi connectivity index (χ1) is 8.17. The highest BCUT2D eigenvalue weighted by Crippen LogP contribution is 2.18. The lowest BCUT2D eigenvalue weighted by atomic mass is 10.1. The molecule has 2 unspecified atom stereocenters. The molecule has 0 aliphatic heterocycles. The molecule has 0 spiro atoms. The van der Waals surface area contributed by atoms with E-state index in [4.69, 9.17) is 4.74 Å². The van der Waals surface area contributed by atoms with Gasteiger partial charge in [-0.2, -0.15) is 0 Å². The first-order valence-electron chi connectivity index (χ1n) is 6.67. The highest BCUT2D eigenvalue weighted by molar-refractivity contribution is 5.29. The highest BCUT2D eigenvalue weighted by atomic mass is 16.5. The molecule has 0 aromatic heterocycles. The van der Waals surface area contributed by atoms with Crippen LogP contribution < -0.4 is 10.1 Å². The van der Waals surface area contributed by atoms with E-state index in [-0.39, 0.29) is 6.10 Å². The molecule has 17 heavy (non-hydrogen) atoms. The molecule has 96 valence electrons. The van der Waals surface area contributed by atoms with Gasteiger partial charge in [-0.3, -0.25) is 0 Å². The average Bonchev–Trinajstić information content (AvgIpc) is 2.36. The van der Waals surface area contributed by atoms with E-state index in [2.05, 4.69) is 57.3 Å². The van der Waals surface area contributed by atoms with Gasteiger partial charge in [0.1, 0.15) is 5.75 Å². The Labute approximate surface area is 105 Å². The molecule has 2 heteroatoms. The largest absolute Gasteiger partial charge is 0.491 e. The van der Waals surface area contributed by atoms with E-state index in [0.29, 0.717) is 6.04 Å². The van der Waals surface area contributed by atoms with Crippen molar-refractivity contribution in [1.82, 2.24) is 5.32 Å². The van der Waals surface area contributed by atoms with Crippen molar-refractivity contribution in [2.24, 2.45) is 0 Å². The van der Waals surface area contributed by atoms with Gasteiger partial charge in [0.05, 0.1) is 6.10 Å². The van der Waals surface area contributed by atoms with Crippen LogP contribution in [0.5, 0.6) is 5.75 Å². The van der Waals surface area contributed by atoms with Crippen LogP contribution >= 0.6 is 0 Å². The standard InChI is InChI=1S/C15H25NO/c1-5-11-16-13(4)14-7-9-15(10-8-14)17-12(3)6-2/h7-10,12-13,16H,5-6,11H2,1-4H3. The zero-order valence-corrected chi connectivity index (χ0v) is 11.5. The number of benzene rings is 1. The summed E-state index contributed by atoms with van der Waals surface area (Å²) in [7, 11) is 0. The van der Waals surface area contributed by atoms with Gasteiger partial charge in [-0.1, -0.05) is 26.0 Å². The summed E-state index contributed by atoms with van der Waals surface area (Å²) >= 11 is 0. The van der Waals surface area contributed by atoms with Gasteiger partial charge in [-0.15, -0.1) is 0 Å². The van der Waals surface area contributed by atoms with Gasteiger partial charge in [0.2, 0.25) is 0 Å². The fourth-order valence-electron chi connectivity index (χ4n) is 1.63. The molecule has 1 aromatic carbocycles. The van der Waals surface area contributed by atoms with Crippen LogP contribution in [0.15, 0.2) is 24.3 Å². The van der Waals surface area contributed by atoms with Gasteiger partial charge in [-0.05, 0) is 50.9 Å². The monoisotopic (exact) mass is 235 g/mol. The lowest BCUT2D eigenvalue weighted by Gasteiger charge is -2.16. The second-order valence-electron chi connectivity index (χ2n) is 4.58. The first kappa shape index (κ1) is 14.0. The summed E-state index contributed by atoms with van der Waals surface area (Å²) in [6.07, 6.45) is 2.49. The Balaban J connectivity index is 2.54. The molecule has 1 rings (SSSR count). The Bertz CT molecular complexity index is 307. The molecule has 0 fully saturated rings. The van der Waals surface area contributed by atoms with E-state index in [9.17, 15) is 0 Å². The van der Waals surface area contributed by atoms with Crippen molar-refractivity contribution in [3.05, 3.63) is 29.8 Å². The highest BCUT2D eigenvalue weighted by Gasteiger charge is 2.05. The first-order valence-corrected chi connectivity index (χ1v) is 6.67. The Morgan fingerprint density at radius 3 is 2.29 bits per heavy atom. The summed E-state index contributed by atoms with van der Waals surface area (Å²) < 4.78 is 5.76. The van der Waals surface area contributed by atoms with Crippen molar-refractivity contribution in [2.75, 3.05) is 6.54 Å². The molecule has 2 atom stereocenters. The summed E-state index contributed by atoms with van der Waals surface area (Å²) in [5, 5.41) is 3.48. The molecule has 0 aliphatic carbocycles. The van der Waals surface area contributed by atoms with E-state index in [0.717, 1.165) is 18.7 Å². The molecule has 2 nitrogen and oxygen atoms in total. The summed E-state index contributed by atoms with van der Waals surface area (Å²) in [4.78, 5) is 0. The van der Waals surface area contributed by atoms with E-state index in [1.54, 1.807) is 0 Å². The minimum atomic E-state index is 0.288.